The van der Waals surface area contributed by atoms with Crippen LogP contribution in [0.5, 0.6) is 17.2 Å². The summed E-state index contributed by atoms with van der Waals surface area (Å²) in [4.78, 5) is 37.3. The van der Waals surface area contributed by atoms with Gasteiger partial charge >= 0.3 is 12.1 Å². The summed E-state index contributed by atoms with van der Waals surface area (Å²) in [5.74, 6) is -0.669. The van der Waals surface area contributed by atoms with E-state index in [9.17, 15) is 18.8 Å². The van der Waals surface area contributed by atoms with Crippen molar-refractivity contribution in [2.24, 2.45) is 0 Å². The zero-order valence-corrected chi connectivity index (χ0v) is 21.9. The first-order chi connectivity index (χ1) is 16.1. The van der Waals surface area contributed by atoms with Gasteiger partial charge in [0.1, 0.15) is 34.5 Å². The molecule has 0 aliphatic carbocycles. The minimum absolute atomic E-state index is 0.119. The van der Waals surface area contributed by atoms with E-state index in [1.54, 1.807) is 53.7 Å². The van der Waals surface area contributed by atoms with E-state index in [2.05, 4.69) is 10.6 Å². The summed E-state index contributed by atoms with van der Waals surface area (Å²) >= 11 is 0. The van der Waals surface area contributed by atoms with Gasteiger partial charge in [-0.2, -0.15) is 0 Å². The Hall–Kier alpha value is -3.24. The Bertz CT molecular complexity index is 867. The van der Waals surface area contributed by atoms with E-state index in [-0.39, 0.29) is 6.54 Å². The van der Waals surface area contributed by atoms with Gasteiger partial charge in [-0.1, -0.05) is 0 Å². The Morgan fingerprint density at radius 2 is 1.40 bits per heavy atom. The van der Waals surface area contributed by atoms with Crippen molar-refractivity contribution >= 4 is 18.0 Å². The number of carbonyl (C=O) groups excluding carboxylic acids is 3. The minimum Gasteiger partial charge on any atom is -0.496 e. The van der Waals surface area contributed by atoms with Gasteiger partial charge in [0.15, 0.2) is 6.17 Å². The van der Waals surface area contributed by atoms with Crippen molar-refractivity contribution < 1.29 is 42.5 Å². The molecule has 0 saturated heterocycles. The third-order valence-electron chi connectivity index (χ3n) is 4.37. The van der Waals surface area contributed by atoms with Crippen LogP contribution in [-0.4, -0.2) is 62.7 Å². The summed E-state index contributed by atoms with van der Waals surface area (Å²) in [5, 5.41) is 4.75. The zero-order chi connectivity index (χ0) is 27.0. The number of methoxy groups -OCH3 is 3. The molecule has 1 rings (SSSR count). The number of ether oxygens (including phenoxy) is 5. The maximum absolute atomic E-state index is 14.9. The number of benzene rings is 1. The number of hydrogen-bond acceptors (Lipinski definition) is 8. The predicted octanol–water partition coefficient (Wildman–Crippen LogP) is 3.29. The lowest BCUT2D eigenvalue weighted by atomic mass is 10.1. The Morgan fingerprint density at radius 1 is 0.886 bits per heavy atom. The Balaban J connectivity index is 2.97. The first-order valence-corrected chi connectivity index (χ1v) is 11.0. The Labute approximate surface area is 205 Å². The van der Waals surface area contributed by atoms with Crippen LogP contribution in [-0.2, 0) is 25.6 Å². The highest BCUT2D eigenvalue weighted by molar-refractivity contribution is 5.85. The number of carbonyl (C=O) groups is 3. The maximum Gasteiger partial charge on any atom is 0.408 e. The van der Waals surface area contributed by atoms with Gasteiger partial charge in [0, 0.05) is 18.6 Å². The number of hydrogen-bond donors (Lipinski definition) is 2. The zero-order valence-electron chi connectivity index (χ0n) is 21.9. The molecule has 0 radical (unpaired) electrons. The molecule has 10 nitrogen and oxygen atoms in total. The van der Waals surface area contributed by atoms with Crippen LogP contribution in [0.15, 0.2) is 12.1 Å². The van der Waals surface area contributed by atoms with E-state index >= 15 is 0 Å². The van der Waals surface area contributed by atoms with E-state index < -0.39 is 47.8 Å². The molecule has 11 heteroatoms. The topological polar surface area (TPSA) is 121 Å². The standard InChI is InChI=1S/C24H37FN2O8/c1-23(2,3)34-21(29)17(27-22(30)35-24(4,5)6)12-16(25)20(28)26-13-15-18(32-8)10-14(31-7)11-19(15)33-9/h10-11,16-17H,12-13H2,1-9H3,(H,26,28)(H,27,30)/t16-,17?/m1/s1. The second-order valence-electron chi connectivity index (χ2n) is 9.66. The quantitative estimate of drug-likeness (QED) is 0.470. The maximum atomic E-state index is 14.9. The van der Waals surface area contributed by atoms with Gasteiger partial charge < -0.3 is 34.3 Å². The van der Waals surface area contributed by atoms with E-state index in [0.717, 1.165) is 0 Å². The van der Waals surface area contributed by atoms with Gasteiger partial charge in [0.25, 0.3) is 5.91 Å². The molecule has 198 valence electrons. The molecule has 0 bridgehead atoms. The van der Waals surface area contributed by atoms with Gasteiger partial charge in [-0.15, -0.1) is 0 Å². The number of alkyl carbamates (subject to hydrolysis) is 1. The Morgan fingerprint density at radius 3 is 1.83 bits per heavy atom. The molecule has 35 heavy (non-hydrogen) atoms. The SMILES string of the molecule is COc1cc(OC)c(CNC(=O)[C@H](F)CC(NC(=O)OC(C)(C)C)C(=O)OC(C)(C)C)c(OC)c1. The molecule has 1 aromatic rings. The molecule has 1 aromatic carbocycles. The summed E-state index contributed by atoms with van der Waals surface area (Å²) in [5.41, 5.74) is -1.27. The summed E-state index contributed by atoms with van der Waals surface area (Å²) in [6, 6.07) is 1.75. The van der Waals surface area contributed by atoms with Gasteiger partial charge in [0.2, 0.25) is 0 Å². The summed E-state index contributed by atoms with van der Waals surface area (Å²) in [6.07, 6.45) is -3.73. The monoisotopic (exact) mass is 500 g/mol. The number of halogens is 1. The van der Waals surface area contributed by atoms with Crippen LogP contribution in [0.4, 0.5) is 9.18 Å². The van der Waals surface area contributed by atoms with Crippen LogP contribution >= 0.6 is 0 Å². The van der Waals surface area contributed by atoms with Crippen LogP contribution in [0.3, 0.4) is 0 Å². The molecular formula is C24H37FN2O8. The number of alkyl halides is 1. The van der Waals surface area contributed by atoms with Crippen molar-refractivity contribution in [1.29, 1.82) is 0 Å². The largest absolute Gasteiger partial charge is 0.496 e. The molecule has 0 spiro atoms. The second-order valence-corrected chi connectivity index (χ2v) is 9.66. The number of esters is 1. The Kier molecular flexibility index (Phi) is 10.6. The van der Waals surface area contributed by atoms with Crippen LogP contribution in [0, 0.1) is 0 Å². The third-order valence-corrected chi connectivity index (χ3v) is 4.37. The number of nitrogens with one attached hydrogen (secondary N) is 2. The highest BCUT2D eigenvalue weighted by Crippen LogP contribution is 2.34. The molecule has 1 unspecified atom stereocenters. The molecule has 2 amide bonds. The van der Waals surface area contributed by atoms with E-state index in [0.29, 0.717) is 22.8 Å². The van der Waals surface area contributed by atoms with E-state index in [1.165, 1.54) is 21.3 Å². The fourth-order valence-corrected chi connectivity index (χ4v) is 2.89. The number of rotatable bonds is 10. The van der Waals surface area contributed by atoms with Crippen LogP contribution in [0.25, 0.3) is 0 Å². The highest BCUT2D eigenvalue weighted by atomic mass is 19.1. The molecular weight excluding hydrogens is 463 g/mol. The van der Waals surface area contributed by atoms with Crippen LogP contribution in [0.1, 0.15) is 53.5 Å². The van der Waals surface area contributed by atoms with Crippen molar-refractivity contribution in [3.05, 3.63) is 17.7 Å². The normalized spacial score (nSPS) is 13.2. The highest BCUT2D eigenvalue weighted by Gasteiger charge is 2.33. The van der Waals surface area contributed by atoms with Gasteiger partial charge in [-0.05, 0) is 41.5 Å². The first kappa shape index (κ1) is 29.8. The van der Waals surface area contributed by atoms with Crippen LogP contribution in [0.2, 0.25) is 0 Å². The average molecular weight is 501 g/mol. The second kappa shape index (κ2) is 12.5. The molecule has 2 N–H and O–H groups in total. The third kappa shape index (κ3) is 10.3. The lowest BCUT2D eigenvalue weighted by molar-refractivity contribution is -0.158. The van der Waals surface area contributed by atoms with Crippen molar-refractivity contribution in [1.82, 2.24) is 10.6 Å². The van der Waals surface area contributed by atoms with Gasteiger partial charge in [-0.3, -0.25) is 4.79 Å². The van der Waals surface area contributed by atoms with Crippen molar-refractivity contribution in [2.75, 3.05) is 21.3 Å². The molecule has 0 aromatic heterocycles. The smallest absolute Gasteiger partial charge is 0.408 e. The van der Waals surface area contributed by atoms with E-state index in [4.69, 9.17) is 23.7 Å². The van der Waals surface area contributed by atoms with Gasteiger partial charge in [0.05, 0.1) is 33.4 Å². The molecule has 0 aliphatic rings. The number of amides is 2. The van der Waals surface area contributed by atoms with Crippen molar-refractivity contribution in [2.45, 2.75) is 77.9 Å². The molecule has 0 heterocycles. The van der Waals surface area contributed by atoms with Crippen molar-refractivity contribution in [3.63, 3.8) is 0 Å². The predicted molar refractivity (Wildman–Crippen MR) is 126 cm³/mol. The lowest BCUT2D eigenvalue weighted by Gasteiger charge is -2.26. The summed E-state index contributed by atoms with van der Waals surface area (Å²) in [6.45, 7) is 9.69. The fraction of sp³-hybridized carbons (Fsp3) is 0.625. The minimum atomic E-state index is -2.14. The summed E-state index contributed by atoms with van der Waals surface area (Å²) in [7, 11) is 4.35. The average Bonchev–Trinajstić information content (AvgIpc) is 2.73. The van der Waals surface area contributed by atoms with Gasteiger partial charge in [-0.25, -0.2) is 14.0 Å². The molecule has 2 atom stereocenters. The lowest BCUT2D eigenvalue weighted by Crippen LogP contribution is -2.48. The first-order valence-electron chi connectivity index (χ1n) is 11.0. The molecule has 0 aliphatic heterocycles. The van der Waals surface area contributed by atoms with Crippen LogP contribution < -0.4 is 24.8 Å². The summed E-state index contributed by atoms with van der Waals surface area (Å²) < 4.78 is 41.2. The molecule has 0 saturated carbocycles. The fourth-order valence-electron chi connectivity index (χ4n) is 2.89. The van der Waals surface area contributed by atoms with Crippen molar-refractivity contribution in [3.8, 4) is 17.2 Å². The molecule has 0 fully saturated rings. The van der Waals surface area contributed by atoms with E-state index in [1.807, 2.05) is 0 Å².